The van der Waals surface area contributed by atoms with Crippen molar-refractivity contribution in [2.45, 2.75) is 50.2 Å². The zero-order valence-electron chi connectivity index (χ0n) is 13.2. The predicted molar refractivity (Wildman–Crippen MR) is 86.3 cm³/mol. The van der Waals surface area contributed by atoms with E-state index >= 15 is 0 Å². The summed E-state index contributed by atoms with van der Waals surface area (Å²) in [6.45, 7) is 4.09. The molecular formula is C14H29N3O3S. The zero-order chi connectivity index (χ0) is 15.8. The highest BCUT2D eigenvalue weighted by molar-refractivity contribution is 7.92. The number of hydrogen-bond donors (Lipinski definition) is 2. The molecule has 0 radical (unpaired) electrons. The summed E-state index contributed by atoms with van der Waals surface area (Å²) in [5.74, 6) is 0.334. The number of nitrogens with one attached hydrogen (secondary N) is 1. The highest BCUT2D eigenvalue weighted by atomic mass is 32.2. The fourth-order valence-corrected chi connectivity index (χ4v) is 3.65. The number of aliphatic imine (C=N–C) groups is 1. The van der Waals surface area contributed by atoms with E-state index in [1.54, 1.807) is 0 Å². The monoisotopic (exact) mass is 319 g/mol. The molecule has 124 valence electrons. The standard InChI is InChI=1S/C14H29N3O3S/c1-3-4-5-6-9-16-13(15)17-12-14(21(2,18)19)7-10-20-11-8-14/h3-12H2,1-2H3,(H3,15,16,17). The fraction of sp³-hybridized carbons (Fsp3) is 0.929. The highest BCUT2D eigenvalue weighted by Gasteiger charge is 2.42. The molecule has 1 aliphatic rings. The summed E-state index contributed by atoms with van der Waals surface area (Å²) >= 11 is 0. The maximum Gasteiger partial charge on any atom is 0.188 e. The Morgan fingerprint density at radius 1 is 1.29 bits per heavy atom. The van der Waals surface area contributed by atoms with Gasteiger partial charge in [0.05, 0.1) is 11.3 Å². The van der Waals surface area contributed by atoms with Crippen molar-refractivity contribution < 1.29 is 13.2 Å². The van der Waals surface area contributed by atoms with Crippen LogP contribution in [0.25, 0.3) is 0 Å². The minimum atomic E-state index is -3.19. The first-order chi connectivity index (χ1) is 9.91. The van der Waals surface area contributed by atoms with Crippen LogP contribution in [0.4, 0.5) is 0 Å². The first-order valence-corrected chi connectivity index (χ1v) is 9.61. The van der Waals surface area contributed by atoms with Crippen molar-refractivity contribution in [1.82, 2.24) is 5.32 Å². The summed E-state index contributed by atoms with van der Waals surface area (Å²) in [4.78, 5) is 4.25. The molecule has 0 unspecified atom stereocenters. The number of hydrogen-bond acceptors (Lipinski definition) is 4. The third-order valence-corrected chi connectivity index (χ3v) is 6.18. The molecule has 21 heavy (non-hydrogen) atoms. The van der Waals surface area contributed by atoms with Gasteiger partial charge in [0, 0.05) is 26.0 Å². The molecule has 0 saturated carbocycles. The van der Waals surface area contributed by atoms with E-state index in [4.69, 9.17) is 10.5 Å². The van der Waals surface area contributed by atoms with E-state index < -0.39 is 14.6 Å². The summed E-state index contributed by atoms with van der Waals surface area (Å²) in [6.07, 6.45) is 6.88. The normalized spacial score (nSPS) is 19.4. The number of sulfone groups is 1. The molecule has 1 heterocycles. The number of guanidine groups is 1. The summed E-state index contributed by atoms with van der Waals surface area (Å²) in [5.41, 5.74) is 5.82. The van der Waals surface area contributed by atoms with Crippen molar-refractivity contribution in [3.63, 3.8) is 0 Å². The van der Waals surface area contributed by atoms with Gasteiger partial charge in [0.2, 0.25) is 0 Å². The lowest BCUT2D eigenvalue weighted by Crippen LogP contribution is -2.47. The molecule has 0 aromatic carbocycles. The van der Waals surface area contributed by atoms with Crippen LogP contribution in [0.5, 0.6) is 0 Å². The Kier molecular flexibility index (Phi) is 7.45. The van der Waals surface area contributed by atoms with Crippen molar-refractivity contribution in [1.29, 1.82) is 0 Å². The second kappa shape index (κ2) is 8.58. The van der Waals surface area contributed by atoms with Gasteiger partial charge in [0.25, 0.3) is 0 Å². The molecule has 0 amide bonds. The highest BCUT2D eigenvalue weighted by Crippen LogP contribution is 2.29. The average Bonchev–Trinajstić information content (AvgIpc) is 2.45. The summed E-state index contributed by atoms with van der Waals surface area (Å²) in [5, 5.41) is 3.05. The Hall–Kier alpha value is -0.820. The molecule has 3 N–H and O–H groups in total. The summed E-state index contributed by atoms with van der Waals surface area (Å²) in [6, 6.07) is 0. The molecule has 7 heteroatoms. The largest absolute Gasteiger partial charge is 0.381 e. The topological polar surface area (TPSA) is 93.8 Å². The second-order valence-electron chi connectivity index (χ2n) is 5.76. The molecule has 1 rings (SSSR count). The van der Waals surface area contributed by atoms with Crippen LogP contribution in [0.3, 0.4) is 0 Å². The third kappa shape index (κ3) is 5.82. The number of nitrogens with two attached hydrogens (primary N) is 1. The van der Waals surface area contributed by atoms with Crippen LogP contribution in [0.15, 0.2) is 4.99 Å². The quantitative estimate of drug-likeness (QED) is 0.396. The second-order valence-corrected chi connectivity index (χ2v) is 8.17. The van der Waals surface area contributed by atoms with Crippen LogP contribution in [-0.2, 0) is 14.6 Å². The zero-order valence-corrected chi connectivity index (χ0v) is 14.0. The van der Waals surface area contributed by atoms with Crippen molar-refractivity contribution in [3.8, 4) is 0 Å². The average molecular weight is 319 g/mol. The lowest BCUT2D eigenvalue weighted by atomic mass is 9.99. The molecule has 1 fully saturated rings. The summed E-state index contributed by atoms with van der Waals surface area (Å²) < 4.78 is 28.6. The molecule has 6 nitrogen and oxygen atoms in total. The molecule has 1 saturated heterocycles. The number of rotatable bonds is 8. The maximum absolute atomic E-state index is 12.1. The van der Waals surface area contributed by atoms with E-state index in [2.05, 4.69) is 17.2 Å². The molecule has 0 aliphatic carbocycles. The Morgan fingerprint density at radius 3 is 2.52 bits per heavy atom. The van der Waals surface area contributed by atoms with Crippen LogP contribution in [-0.4, -0.2) is 51.7 Å². The molecule has 0 spiro atoms. The Labute approximate surface area is 128 Å². The lowest BCUT2D eigenvalue weighted by Gasteiger charge is -2.34. The van der Waals surface area contributed by atoms with Crippen LogP contribution in [0.1, 0.15) is 45.4 Å². The van der Waals surface area contributed by atoms with Crippen LogP contribution >= 0.6 is 0 Å². The van der Waals surface area contributed by atoms with E-state index in [0.717, 1.165) is 13.0 Å². The number of unbranched alkanes of at least 4 members (excludes halogenated alkanes) is 3. The molecule has 0 atom stereocenters. The van der Waals surface area contributed by atoms with Gasteiger partial charge in [-0.1, -0.05) is 26.2 Å². The van der Waals surface area contributed by atoms with E-state index in [-0.39, 0.29) is 6.54 Å². The van der Waals surface area contributed by atoms with Crippen molar-refractivity contribution in [3.05, 3.63) is 0 Å². The SMILES string of the molecule is CCCCCCNC(N)=NCC1(S(C)(=O)=O)CCOCC1. The summed E-state index contributed by atoms with van der Waals surface area (Å²) in [7, 11) is -3.19. The lowest BCUT2D eigenvalue weighted by molar-refractivity contribution is 0.0768. The molecule has 1 aliphatic heterocycles. The molecule has 0 bridgehead atoms. The first-order valence-electron chi connectivity index (χ1n) is 7.72. The molecule has 0 aromatic heterocycles. The number of ether oxygens (including phenoxy) is 1. The maximum atomic E-state index is 12.1. The van der Waals surface area contributed by atoms with Crippen LogP contribution in [0.2, 0.25) is 0 Å². The van der Waals surface area contributed by atoms with E-state index in [1.165, 1.54) is 25.5 Å². The van der Waals surface area contributed by atoms with E-state index in [0.29, 0.717) is 32.0 Å². The van der Waals surface area contributed by atoms with Gasteiger partial charge in [0.1, 0.15) is 0 Å². The minimum absolute atomic E-state index is 0.211. The molecular weight excluding hydrogens is 290 g/mol. The van der Waals surface area contributed by atoms with Crippen molar-refractivity contribution in [2.24, 2.45) is 10.7 Å². The van der Waals surface area contributed by atoms with Gasteiger partial charge in [-0.25, -0.2) is 8.42 Å². The Morgan fingerprint density at radius 2 is 1.95 bits per heavy atom. The van der Waals surface area contributed by atoms with Gasteiger partial charge in [-0.15, -0.1) is 0 Å². The molecule has 0 aromatic rings. The third-order valence-electron chi connectivity index (χ3n) is 4.06. The van der Waals surface area contributed by atoms with Gasteiger partial charge in [-0.3, -0.25) is 4.99 Å². The van der Waals surface area contributed by atoms with Gasteiger partial charge >= 0.3 is 0 Å². The Balaban J connectivity index is 2.50. The van der Waals surface area contributed by atoms with Crippen LogP contribution < -0.4 is 11.1 Å². The smallest absolute Gasteiger partial charge is 0.188 e. The van der Waals surface area contributed by atoms with Gasteiger partial charge in [-0.2, -0.15) is 0 Å². The van der Waals surface area contributed by atoms with Crippen molar-refractivity contribution >= 4 is 15.8 Å². The minimum Gasteiger partial charge on any atom is -0.381 e. The van der Waals surface area contributed by atoms with Gasteiger partial charge < -0.3 is 15.8 Å². The van der Waals surface area contributed by atoms with Gasteiger partial charge in [-0.05, 0) is 19.3 Å². The predicted octanol–water partition coefficient (Wildman–Crippen LogP) is 1.06. The van der Waals surface area contributed by atoms with Crippen LogP contribution in [0, 0.1) is 0 Å². The van der Waals surface area contributed by atoms with Gasteiger partial charge in [0.15, 0.2) is 15.8 Å². The Bertz CT molecular complexity index is 429. The first kappa shape index (κ1) is 18.2. The van der Waals surface area contributed by atoms with E-state index in [1.807, 2.05) is 0 Å². The fourth-order valence-electron chi connectivity index (χ4n) is 2.44. The van der Waals surface area contributed by atoms with Crippen molar-refractivity contribution in [2.75, 3.05) is 32.6 Å². The van der Waals surface area contributed by atoms with E-state index in [9.17, 15) is 8.42 Å². The number of nitrogens with zero attached hydrogens (tertiary/aromatic N) is 1.